The zero-order valence-corrected chi connectivity index (χ0v) is 9.61. The van der Waals surface area contributed by atoms with E-state index in [4.69, 9.17) is 10.8 Å². The van der Waals surface area contributed by atoms with Gasteiger partial charge >= 0.3 is 0 Å². The van der Waals surface area contributed by atoms with E-state index in [2.05, 4.69) is 31.2 Å². The Hall–Kier alpha value is -0.860. The van der Waals surface area contributed by atoms with Crippen molar-refractivity contribution in [3.8, 4) is 0 Å². The molecule has 1 aromatic rings. The molecule has 0 spiro atoms. The molecular weight excluding hydrogens is 186 g/mol. The van der Waals surface area contributed by atoms with Crippen LogP contribution in [0.3, 0.4) is 0 Å². The van der Waals surface area contributed by atoms with Crippen LogP contribution in [0, 0.1) is 0 Å². The molecule has 0 radical (unpaired) electrons. The van der Waals surface area contributed by atoms with Crippen LogP contribution in [-0.2, 0) is 6.42 Å². The van der Waals surface area contributed by atoms with Crippen molar-refractivity contribution in [1.82, 2.24) is 0 Å². The van der Waals surface area contributed by atoms with Gasteiger partial charge in [0.25, 0.3) is 0 Å². The minimum Gasteiger partial charge on any atom is -0.396 e. The highest BCUT2D eigenvalue weighted by Crippen LogP contribution is 2.22. The SMILES string of the molecule is CCc1ccc(C(CCO)C(C)N)cc1. The molecule has 0 heterocycles. The summed E-state index contributed by atoms with van der Waals surface area (Å²) >= 11 is 0. The Morgan fingerprint density at radius 1 is 1.27 bits per heavy atom. The first-order valence-corrected chi connectivity index (χ1v) is 5.64. The Kier molecular flexibility index (Phi) is 4.79. The molecule has 2 unspecified atom stereocenters. The van der Waals surface area contributed by atoms with E-state index in [0.717, 1.165) is 12.8 Å². The predicted molar refractivity (Wildman–Crippen MR) is 63.9 cm³/mol. The minimum absolute atomic E-state index is 0.0876. The third-order valence-electron chi connectivity index (χ3n) is 2.89. The van der Waals surface area contributed by atoms with E-state index in [9.17, 15) is 0 Å². The minimum atomic E-state index is 0.0876. The van der Waals surface area contributed by atoms with Crippen LogP contribution in [0.2, 0.25) is 0 Å². The van der Waals surface area contributed by atoms with Crippen LogP contribution in [0.25, 0.3) is 0 Å². The number of aliphatic hydroxyl groups excluding tert-OH is 1. The van der Waals surface area contributed by atoms with E-state index in [1.807, 2.05) is 6.92 Å². The first-order valence-electron chi connectivity index (χ1n) is 5.64. The molecule has 0 saturated heterocycles. The van der Waals surface area contributed by atoms with Gasteiger partial charge in [-0.1, -0.05) is 31.2 Å². The molecule has 0 aromatic heterocycles. The molecule has 84 valence electrons. The quantitative estimate of drug-likeness (QED) is 0.776. The number of rotatable bonds is 5. The number of hydrogen-bond acceptors (Lipinski definition) is 2. The van der Waals surface area contributed by atoms with Crippen molar-refractivity contribution in [3.63, 3.8) is 0 Å². The molecule has 2 nitrogen and oxygen atoms in total. The van der Waals surface area contributed by atoms with E-state index in [-0.39, 0.29) is 18.6 Å². The monoisotopic (exact) mass is 207 g/mol. The van der Waals surface area contributed by atoms with Crippen molar-refractivity contribution < 1.29 is 5.11 Å². The van der Waals surface area contributed by atoms with Gasteiger partial charge in [-0.05, 0) is 30.9 Å². The predicted octanol–water partition coefficient (Wildman–Crippen LogP) is 2.06. The molecule has 2 heteroatoms. The summed E-state index contributed by atoms with van der Waals surface area (Å²) in [6, 6.07) is 8.62. The summed E-state index contributed by atoms with van der Waals surface area (Å²) in [5, 5.41) is 8.99. The average Bonchev–Trinajstić information content (AvgIpc) is 2.26. The van der Waals surface area contributed by atoms with Gasteiger partial charge in [-0.3, -0.25) is 0 Å². The van der Waals surface area contributed by atoms with Gasteiger partial charge in [0.2, 0.25) is 0 Å². The molecule has 1 aromatic carbocycles. The zero-order chi connectivity index (χ0) is 11.3. The number of hydrogen-bond donors (Lipinski definition) is 2. The average molecular weight is 207 g/mol. The van der Waals surface area contributed by atoms with Crippen molar-refractivity contribution in [2.45, 2.75) is 38.6 Å². The molecule has 0 aliphatic rings. The molecule has 0 bridgehead atoms. The summed E-state index contributed by atoms with van der Waals surface area (Å²) in [6.45, 7) is 4.33. The fourth-order valence-corrected chi connectivity index (χ4v) is 1.87. The van der Waals surface area contributed by atoms with Gasteiger partial charge in [0.15, 0.2) is 0 Å². The molecular formula is C13H21NO. The summed E-state index contributed by atoms with van der Waals surface area (Å²) in [4.78, 5) is 0. The van der Waals surface area contributed by atoms with Crippen LogP contribution in [0.5, 0.6) is 0 Å². The van der Waals surface area contributed by atoms with Crippen molar-refractivity contribution in [3.05, 3.63) is 35.4 Å². The zero-order valence-electron chi connectivity index (χ0n) is 9.61. The summed E-state index contributed by atoms with van der Waals surface area (Å²) < 4.78 is 0. The van der Waals surface area contributed by atoms with E-state index in [0.29, 0.717) is 0 Å². The largest absolute Gasteiger partial charge is 0.396 e. The maximum atomic E-state index is 8.99. The van der Waals surface area contributed by atoms with Gasteiger partial charge in [0.05, 0.1) is 0 Å². The maximum Gasteiger partial charge on any atom is 0.0437 e. The Morgan fingerprint density at radius 3 is 2.27 bits per heavy atom. The first-order chi connectivity index (χ1) is 7.19. The number of aliphatic hydroxyl groups is 1. The van der Waals surface area contributed by atoms with Crippen molar-refractivity contribution in [2.24, 2.45) is 5.73 Å². The standard InChI is InChI=1S/C13H21NO/c1-3-11-4-6-12(7-5-11)13(8-9-15)10(2)14/h4-7,10,13,15H,3,8-9,14H2,1-2H3. The molecule has 0 aliphatic heterocycles. The summed E-state index contributed by atoms with van der Waals surface area (Å²) in [5.41, 5.74) is 8.49. The van der Waals surface area contributed by atoms with Crippen LogP contribution in [-0.4, -0.2) is 17.8 Å². The summed E-state index contributed by atoms with van der Waals surface area (Å²) in [5.74, 6) is 0.265. The molecule has 1 rings (SSSR count). The van der Waals surface area contributed by atoms with Crippen LogP contribution >= 0.6 is 0 Å². The van der Waals surface area contributed by atoms with E-state index in [1.54, 1.807) is 0 Å². The van der Waals surface area contributed by atoms with Crippen molar-refractivity contribution in [1.29, 1.82) is 0 Å². The second-order valence-corrected chi connectivity index (χ2v) is 4.07. The van der Waals surface area contributed by atoms with E-state index in [1.165, 1.54) is 11.1 Å². The number of aryl methyl sites for hydroxylation is 1. The van der Waals surface area contributed by atoms with Crippen molar-refractivity contribution in [2.75, 3.05) is 6.61 Å². The maximum absolute atomic E-state index is 8.99. The molecule has 0 saturated carbocycles. The summed E-state index contributed by atoms with van der Waals surface area (Å²) in [7, 11) is 0. The fourth-order valence-electron chi connectivity index (χ4n) is 1.87. The van der Waals surface area contributed by atoms with E-state index >= 15 is 0 Å². The second-order valence-electron chi connectivity index (χ2n) is 4.07. The third kappa shape index (κ3) is 3.33. The Balaban J connectivity index is 2.81. The highest BCUT2D eigenvalue weighted by molar-refractivity contribution is 5.26. The van der Waals surface area contributed by atoms with Crippen LogP contribution in [0.15, 0.2) is 24.3 Å². The van der Waals surface area contributed by atoms with Gasteiger partial charge in [0, 0.05) is 18.6 Å². The Morgan fingerprint density at radius 2 is 1.87 bits per heavy atom. The smallest absolute Gasteiger partial charge is 0.0437 e. The van der Waals surface area contributed by atoms with Crippen LogP contribution in [0.1, 0.15) is 37.3 Å². The number of nitrogens with two attached hydrogens (primary N) is 1. The highest BCUT2D eigenvalue weighted by atomic mass is 16.3. The first kappa shape index (κ1) is 12.2. The van der Waals surface area contributed by atoms with E-state index < -0.39 is 0 Å². The molecule has 0 amide bonds. The highest BCUT2D eigenvalue weighted by Gasteiger charge is 2.15. The molecule has 0 aliphatic carbocycles. The lowest BCUT2D eigenvalue weighted by Crippen LogP contribution is -2.25. The lowest BCUT2D eigenvalue weighted by atomic mass is 9.89. The molecule has 15 heavy (non-hydrogen) atoms. The van der Waals surface area contributed by atoms with Gasteiger partial charge in [-0.15, -0.1) is 0 Å². The van der Waals surface area contributed by atoms with Gasteiger partial charge in [-0.2, -0.15) is 0 Å². The summed E-state index contributed by atoms with van der Waals surface area (Å²) in [6.07, 6.45) is 1.80. The lowest BCUT2D eigenvalue weighted by molar-refractivity contribution is 0.269. The topological polar surface area (TPSA) is 46.2 Å². The Bertz CT molecular complexity index is 279. The second kappa shape index (κ2) is 5.89. The van der Waals surface area contributed by atoms with Gasteiger partial charge in [-0.25, -0.2) is 0 Å². The Labute approximate surface area is 92.1 Å². The molecule has 3 N–H and O–H groups in total. The fraction of sp³-hybridized carbons (Fsp3) is 0.538. The third-order valence-corrected chi connectivity index (χ3v) is 2.89. The van der Waals surface area contributed by atoms with Crippen LogP contribution in [0.4, 0.5) is 0 Å². The van der Waals surface area contributed by atoms with Crippen molar-refractivity contribution >= 4 is 0 Å². The number of benzene rings is 1. The lowest BCUT2D eigenvalue weighted by Gasteiger charge is -2.20. The van der Waals surface area contributed by atoms with Gasteiger partial charge < -0.3 is 10.8 Å². The molecule has 0 fully saturated rings. The normalized spacial score (nSPS) is 14.9. The molecule has 2 atom stereocenters. The van der Waals surface area contributed by atoms with Gasteiger partial charge in [0.1, 0.15) is 0 Å². The van der Waals surface area contributed by atoms with Crippen LogP contribution < -0.4 is 5.73 Å².